The van der Waals surface area contributed by atoms with Crippen LogP contribution in [0.3, 0.4) is 0 Å². The first-order valence-electron chi connectivity index (χ1n) is 4.84. The highest BCUT2D eigenvalue weighted by Gasteiger charge is 2.15. The quantitative estimate of drug-likeness (QED) is 0.730. The molecule has 1 unspecified atom stereocenters. The second-order valence-corrected chi connectivity index (χ2v) is 3.73. The maximum Gasteiger partial charge on any atom is 0.0634 e. The van der Waals surface area contributed by atoms with Gasteiger partial charge in [-0.25, -0.2) is 0 Å². The van der Waals surface area contributed by atoms with Gasteiger partial charge in [0.15, 0.2) is 0 Å². The van der Waals surface area contributed by atoms with E-state index < -0.39 is 0 Å². The average molecular weight is 177 g/mol. The van der Waals surface area contributed by atoms with Crippen molar-refractivity contribution in [1.29, 1.82) is 0 Å². The Morgan fingerprint density at radius 1 is 1.46 bits per heavy atom. The minimum Gasteiger partial charge on any atom is -0.316 e. The largest absolute Gasteiger partial charge is 0.316 e. The van der Waals surface area contributed by atoms with Crippen molar-refractivity contribution in [1.82, 2.24) is 15.5 Å². The topological polar surface area (TPSA) is 37.8 Å². The lowest BCUT2D eigenvalue weighted by Gasteiger charge is -2.05. The lowest BCUT2D eigenvalue weighted by atomic mass is 10.0. The molecular formula is C10H15N3. The van der Waals surface area contributed by atoms with E-state index in [4.69, 9.17) is 0 Å². The van der Waals surface area contributed by atoms with Gasteiger partial charge < -0.3 is 5.32 Å². The Morgan fingerprint density at radius 3 is 3.00 bits per heavy atom. The van der Waals surface area contributed by atoms with Crippen molar-refractivity contribution in [2.45, 2.75) is 19.8 Å². The van der Waals surface area contributed by atoms with Crippen molar-refractivity contribution in [3.8, 4) is 0 Å². The van der Waals surface area contributed by atoms with Gasteiger partial charge in [0.1, 0.15) is 0 Å². The van der Waals surface area contributed by atoms with E-state index in [1.54, 1.807) is 0 Å². The highest BCUT2D eigenvalue weighted by Crippen LogP contribution is 2.12. The van der Waals surface area contributed by atoms with Crippen LogP contribution in [-0.2, 0) is 6.42 Å². The van der Waals surface area contributed by atoms with Crippen LogP contribution in [0.5, 0.6) is 0 Å². The summed E-state index contributed by atoms with van der Waals surface area (Å²) in [5.74, 6) is 0.761. The summed E-state index contributed by atoms with van der Waals surface area (Å²) in [6.45, 7) is 4.26. The summed E-state index contributed by atoms with van der Waals surface area (Å²) < 4.78 is 0. The number of hydrogen-bond acceptors (Lipinski definition) is 3. The van der Waals surface area contributed by atoms with Gasteiger partial charge in [0, 0.05) is 0 Å². The summed E-state index contributed by atoms with van der Waals surface area (Å²) in [5.41, 5.74) is 2.12. The van der Waals surface area contributed by atoms with Gasteiger partial charge in [0.2, 0.25) is 0 Å². The van der Waals surface area contributed by atoms with Crippen LogP contribution in [0.4, 0.5) is 0 Å². The summed E-state index contributed by atoms with van der Waals surface area (Å²) in [4.78, 5) is 0. The third-order valence-electron chi connectivity index (χ3n) is 2.51. The first-order valence-corrected chi connectivity index (χ1v) is 4.84. The third kappa shape index (κ3) is 2.25. The van der Waals surface area contributed by atoms with Crippen LogP contribution in [0.2, 0.25) is 0 Å². The van der Waals surface area contributed by atoms with Crippen molar-refractivity contribution in [2.24, 2.45) is 5.92 Å². The van der Waals surface area contributed by atoms with Crippen LogP contribution in [0.15, 0.2) is 12.1 Å². The van der Waals surface area contributed by atoms with Gasteiger partial charge in [-0.2, -0.15) is 10.2 Å². The van der Waals surface area contributed by atoms with E-state index >= 15 is 0 Å². The van der Waals surface area contributed by atoms with Gasteiger partial charge in [0.25, 0.3) is 0 Å². The van der Waals surface area contributed by atoms with Gasteiger partial charge in [0.05, 0.1) is 11.4 Å². The fraction of sp³-hybridized carbons (Fsp3) is 0.600. The molecule has 0 spiro atoms. The van der Waals surface area contributed by atoms with E-state index in [1.807, 2.05) is 13.0 Å². The Kier molecular flexibility index (Phi) is 2.54. The monoisotopic (exact) mass is 177 g/mol. The van der Waals surface area contributed by atoms with E-state index in [0.717, 1.165) is 36.8 Å². The van der Waals surface area contributed by atoms with Gasteiger partial charge in [-0.3, -0.25) is 0 Å². The predicted molar refractivity (Wildman–Crippen MR) is 51.4 cm³/mol. The Labute approximate surface area is 78.6 Å². The van der Waals surface area contributed by atoms with E-state index in [0.29, 0.717) is 0 Å². The molecular weight excluding hydrogens is 162 g/mol. The molecule has 1 saturated heterocycles. The van der Waals surface area contributed by atoms with Crippen molar-refractivity contribution < 1.29 is 0 Å². The molecule has 1 fully saturated rings. The smallest absolute Gasteiger partial charge is 0.0634 e. The molecule has 3 nitrogen and oxygen atoms in total. The molecule has 0 bridgehead atoms. The summed E-state index contributed by atoms with van der Waals surface area (Å²) in [6.07, 6.45) is 2.34. The van der Waals surface area contributed by atoms with Crippen molar-refractivity contribution in [3.63, 3.8) is 0 Å². The minimum atomic E-state index is 0.761. The van der Waals surface area contributed by atoms with Gasteiger partial charge in [-0.15, -0.1) is 0 Å². The maximum atomic E-state index is 4.16. The highest BCUT2D eigenvalue weighted by molar-refractivity contribution is 5.06. The number of rotatable bonds is 2. The van der Waals surface area contributed by atoms with Gasteiger partial charge >= 0.3 is 0 Å². The standard InChI is InChI=1S/C10H15N3/c1-8-2-3-10(13-12-8)6-9-4-5-11-7-9/h2-3,9,11H,4-7H2,1H3. The molecule has 13 heavy (non-hydrogen) atoms. The fourth-order valence-electron chi connectivity index (χ4n) is 1.72. The van der Waals surface area contributed by atoms with E-state index in [1.165, 1.54) is 6.42 Å². The molecule has 1 atom stereocenters. The van der Waals surface area contributed by atoms with Crippen LogP contribution < -0.4 is 5.32 Å². The Balaban J connectivity index is 1.97. The first kappa shape index (κ1) is 8.63. The fourth-order valence-corrected chi connectivity index (χ4v) is 1.72. The molecule has 2 heterocycles. The number of nitrogens with one attached hydrogen (secondary N) is 1. The molecule has 1 aliphatic heterocycles. The van der Waals surface area contributed by atoms with Crippen LogP contribution in [0.25, 0.3) is 0 Å². The Bertz CT molecular complexity index is 262. The molecule has 1 aromatic heterocycles. The van der Waals surface area contributed by atoms with Crippen LogP contribution in [0, 0.1) is 12.8 Å². The first-order chi connectivity index (χ1) is 6.34. The summed E-state index contributed by atoms with van der Waals surface area (Å²) in [6, 6.07) is 4.12. The second-order valence-electron chi connectivity index (χ2n) is 3.73. The van der Waals surface area contributed by atoms with E-state index in [-0.39, 0.29) is 0 Å². The molecule has 2 rings (SSSR count). The Morgan fingerprint density at radius 2 is 2.38 bits per heavy atom. The summed E-state index contributed by atoms with van der Waals surface area (Å²) in [5, 5.41) is 11.6. The molecule has 1 N–H and O–H groups in total. The average Bonchev–Trinajstić information content (AvgIpc) is 2.62. The van der Waals surface area contributed by atoms with E-state index in [2.05, 4.69) is 21.6 Å². The zero-order valence-electron chi connectivity index (χ0n) is 7.95. The normalized spacial score (nSPS) is 22.1. The van der Waals surface area contributed by atoms with Crippen LogP contribution in [-0.4, -0.2) is 23.3 Å². The number of aromatic nitrogens is 2. The molecule has 0 radical (unpaired) electrons. The lowest BCUT2D eigenvalue weighted by molar-refractivity contribution is 0.566. The Hall–Kier alpha value is -0.960. The van der Waals surface area contributed by atoms with E-state index in [9.17, 15) is 0 Å². The zero-order chi connectivity index (χ0) is 9.10. The third-order valence-corrected chi connectivity index (χ3v) is 2.51. The van der Waals surface area contributed by atoms with Crippen molar-refractivity contribution >= 4 is 0 Å². The van der Waals surface area contributed by atoms with Crippen molar-refractivity contribution in [3.05, 3.63) is 23.5 Å². The molecule has 1 aromatic rings. The van der Waals surface area contributed by atoms with Gasteiger partial charge in [-0.05, 0) is 50.9 Å². The van der Waals surface area contributed by atoms with Gasteiger partial charge in [-0.1, -0.05) is 0 Å². The van der Waals surface area contributed by atoms with Crippen LogP contribution in [0.1, 0.15) is 17.8 Å². The number of nitrogens with zero attached hydrogens (tertiary/aromatic N) is 2. The predicted octanol–water partition coefficient (Wildman–Crippen LogP) is 0.937. The zero-order valence-corrected chi connectivity index (χ0v) is 7.95. The summed E-state index contributed by atoms with van der Waals surface area (Å²) >= 11 is 0. The SMILES string of the molecule is Cc1ccc(CC2CCNC2)nn1. The minimum absolute atomic E-state index is 0.761. The van der Waals surface area contributed by atoms with Crippen molar-refractivity contribution in [2.75, 3.05) is 13.1 Å². The molecule has 0 aliphatic carbocycles. The molecule has 1 aliphatic rings. The number of hydrogen-bond donors (Lipinski definition) is 1. The molecule has 70 valence electrons. The molecule has 0 saturated carbocycles. The summed E-state index contributed by atoms with van der Waals surface area (Å²) in [7, 11) is 0. The second kappa shape index (κ2) is 3.83. The number of aryl methyl sites for hydroxylation is 1. The molecule has 0 aromatic carbocycles. The highest BCUT2D eigenvalue weighted by atomic mass is 15.1. The lowest BCUT2D eigenvalue weighted by Crippen LogP contribution is -2.11. The van der Waals surface area contributed by atoms with Crippen LogP contribution >= 0.6 is 0 Å². The molecule has 3 heteroatoms. The maximum absolute atomic E-state index is 4.16. The molecule has 0 amide bonds.